The van der Waals surface area contributed by atoms with Gasteiger partial charge in [0.05, 0.1) is 12.2 Å². The summed E-state index contributed by atoms with van der Waals surface area (Å²) in [4.78, 5) is 2.62. The zero-order valence-electron chi connectivity index (χ0n) is 9.69. The van der Waals surface area contributed by atoms with E-state index in [0.717, 1.165) is 6.42 Å². The second-order valence-electron chi connectivity index (χ2n) is 3.65. The van der Waals surface area contributed by atoms with Crippen LogP contribution in [0.2, 0.25) is 0 Å². The van der Waals surface area contributed by atoms with Crippen LogP contribution in [0, 0.1) is 0 Å². The number of ether oxygens (including phenoxy) is 1. The first-order chi connectivity index (χ1) is 7.17. The molecule has 1 aromatic heterocycles. The van der Waals surface area contributed by atoms with E-state index in [1.165, 1.54) is 9.75 Å². The molecule has 1 aromatic rings. The van der Waals surface area contributed by atoms with E-state index >= 15 is 0 Å². The highest BCUT2D eigenvalue weighted by atomic mass is 32.1. The molecule has 3 heteroatoms. The van der Waals surface area contributed by atoms with Crippen LogP contribution in [0.3, 0.4) is 0 Å². The quantitative estimate of drug-likeness (QED) is 0.811. The van der Waals surface area contributed by atoms with Gasteiger partial charge in [0.15, 0.2) is 0 Å². The SMILES string of the molecule is CCOC(C)C(O)Cc1ccc(CC)s1. The summed E-state index contributed by atoms with van der Waals surface area (Å²) >= 11 is 1.78. The number of thiophene rings is 1. The van der Waals surface area contributed by atoms with Crippen molar-refractivity contribution in [1.29, 1.82) is 0 Å². The molecule has 0 amide bonds. The molecule has 1 rings (SSSR count). The second kappa shape index (κ2) is 6.26. The van der Waals surface area contributed by atoms with Crippen LogP contribution in [0.1, 0.15) is 30.5 Å². The molecule has 0 radical (unpaired) electrons. The van der Waals surface area contributed by atoms with Crippen molar-refractivity contribution in [3.05, 3.63) is 21.9 Å². The van der Waals surface area contributed by atoms with Crippen LogP contribution < -0.4 is 0 Å². The molecule has 86 valence electrons. The van der Waals surface area contributed by atoms with Crippen molar-refractivity contribution in [2.75, 3.05) is 6.61 Å². The minimum atomic E-state index is -0.395. The van der Waals surface area contributed by atoms with E-state index in [1.807, 2.05) is 13.8 Å². The fraction of sp³-hybridized carbons (Fsp3) is 0.667. The van der Waals surface area contributed by atoms with E-state index in [9.17, 15) is 5.11 Å². The van der Waals surface area contributed by atoms with Gasteiger partial charge in [0.25, 0.3) is 0 Å². The summed E-state index contributed by atoms with van der Waals surface area (Å²) in [5, 5.41) is 9.87. The van der Waals surface area contributed by atoms with Crippen LogP contribution in [0.5, 0.6) is 0 Å². The Kier molecular flexibility index (Phi) is 5.29. The maximum atomic E-state index is 9.87. The third-order valence-electron chi connectivity index (χ3n) is 2.45. The Morgan fingerprint density at radius 2 is 2.00 bits per heavy atom. The highest BCUT2D eigenvalue weighted by Gasteiger charge is 2.15. The van der Waals surface area contributed by atoms with Gasteiger partial charge >= 0.3 is 0 Å². The molecule has 15 heavy (non-hydrogen) atoms. The zero-order chi connectivity index (χ0) is 11.3. The molecule has 2 atom stereocenters. The Morgan fingerprint density at radius 1 is 1.33 bits per heavy atom. The Labute approximate surface area is 95.9 Å². The van der Waals surface area contributed by atoms with E-state index in [-0.39, 0.29) is 6.10 Å². The number of rotatable bonds is 6. The molecular weight excluding hydrogens is 208 g/mol. The maximum absolute atomic E-state index is 9.87. The summed E-state index contributed by atoms with van der Waals surface area (Å²) in [6.07, 6.45) is 1.30. The third kappa shape index (κ3) is 3.93. The van der Waals surface area contributed by atoms with E-state index in [0.29, 0.717) is 13.0 Å². The standard InChI is InChI=1S/C12H20O2S/c1-4-10-6-7-11(15-10)8-12(13)9(3)14-5-2/h6-7,9,12-13H,4-5,8H2,1-3H3. The molecule has 0 saturated carbocycles. The van der Waals surface area contributed by atoms with E-state index in [1.54, 1.807) is 11.3 Å². The van der Waals surface area contributed by atoms with Crippen LogP contribution in [0.25, 0.3) is 0 Å². The first kappa shape index (κ1) is 12.7. The van der Waals surface area contributed by atoms with Crippen LogP contribution >= 0.6 is 11.3 Å². The third-order valence-corrected chi connectivity index (χ3v) is 3.70. The number of aliphatic hydroxyl groups is 1. The summed E-state index contributed by atoms with van der Waals surface area (Å²) in [7, 11) is 0. The second-order valence-corrected chi connectivity index (χ2v) is 4.91. The molecule has 1 heterocycles. The number of aryl methyl sites for hydroxylation is 1. The molecule has 0 spiro atoms. The first-order valence-corrected chi connectivity index (χ1v) is 6.36. The lowest BCUT2D eigenvalue weighted by atomic mass is 10.1. The monoisotopic (exact) mass is 228 g/mol. The first-order valence-electron chi connectivity index (χ1n) is 5.54. The summed E-state index contributed by atoms with van der Waals surface area (Å²) in [5.41, 5.74) is 0. The molecule has 1 N–H and O–H groups in total. The van der Waals surface area contributed by atoms with Crippen molar-refractivity contribution in [2.24, 2.45) is 0 Å². The average Bonchev–Trinajstić information content (AvgIpc) is 2.66. The van der Waals surface area contributed by atoms with Gasteiger partial charge in [-0.05, 0) is 32.4 Å². The van der Waals surface area contributed by atoms with Gasteiger partial charge in [-0.1, -0.05) is 6.92 Å². The van der Waals surface area contributed by atoms with E-state index in [4.69, 9.17) is 4.74 Å². The molecule has 0 aromatic carbocycles. The molecule has 0 aliphatic heterocycles. The summed E-state index contributed by atoms with van der Waals surface area (Å²) in [6.45, 7) is 6.67. The molecule has 0 bridgehead atoms. The van der Waals surface area contributed by atoms with Gasteiger partial charge in [0.2, 0.25) is 0 Å². The van der Waals surface area contributed by atoms with Gasteiger partial charge in [0.1, 0.15) is 0 Å². The van der Waals surface area contributed by atoms with Gasteiger partial charge in [-0.15, -0.1) is 11.3 Å². The van der Waals surface area contributed by atoms with Gasteiger partial charge in [-0.2, -0.15) is 0 Å². The molecule has 0 saturated heterocycles. The van der Waals surface area contributed by atoms with Gasteiger partial charge in [-0.25, -0.2) is 0 Å². The van der Waals surface area contributed by atoms with E-state index in [2.05, 4.69) is 19.1 Å². The highest BCUT2D eigenvalue weighted by Crippen LogP contribution is 2.19. The lowest BCUT2D eigenvalue weighted by molar-refractivity contribution is -0.0204. The molecule has 0 fully saturated rings. The van der Waals surface area contributed by atoms with Crippen LogP contribution in [-0.2, 0) is 17.6 Å². The average molecular weight is 228 g/mol. The number of aliphatic hydroxyl groups excluding tert-OH is 1. The topological polar surface area (TPSA) is 29.5 Å². The fourth-order valence-electron chi connectivity index (χ4n) is 1.47. The molecule has 0 aliphatic carbocycles. The van der Waals surface area contributed by atoms with E-state index < -0.39 is 6.10 Å². The van der Waals surface area contributed by atoms with Gasteiger partial charge < -0.3 is 9.84 Å². The highest BCUT2D eigenvalue weighted by molar-refractivity contribution is 7.11. The van der Waals surface area contributed by atoms with Crippen LogP contribution in [0.15, 0.2) is 12.1 Å². The fourth-order valence-corrected chi connectivity index (χ4v) is 2.48. The normalized spacial score (nSPS) is 15.2. The maximum Gasteiger partial charge on any atom is 0.0847 e. The van der Waals surface area contributed by atoms with Crippen molar-refractivity contribution < 1.29 is 9.84 Å². The van der Waals surface area contributed by atoms with Crippen molar-refractivity contribution in [1.82, 2.24) is 0 Å². The smallest absolute Gasteiger partial charge is 0.0847 e. The summed E-state index contributed by atoms with van der Waals surface area (Å²) < 4.78 is 5.36. The van der Waals surface area contributed by atoms with Gasteiger partial charge in [0, 0.05) is 22.8 Å². The van der Waals surface area contributed by atoms with Crippen LogP contribution in [0.4, 0.5) is 0 Å². The predicted octanol–water partition coefficient (Wildman–Crippen LogP) is 2.64. The van der Waals surface area contributed by atoms with Crippen LogP contribution in [-0.4, -0.2) is 23.9 Å². The largest absolute Gasteiger partial charge is 0.390 e. The zero-order valence-corrected chi connectivity index (χ0v) is 10.5. The van der Waals surface area contributed by atoms with Crippen molar-refractivity contribution in [3.63, 3.8) is 0 Å². The van der Waals surface area contributed by atoms with Gasteiger partial charge in [-0.3, -0.25) is 0 Å². The Hall–Kier alpha value is -0.380. The number of hydrogen-bond acceptors (Lipinski definition) is 3. The van der Waals surface area contributed by atoms with Crippen molar-refractivity contribution in [2.45, 2.75) is 45.8 Å². The lowest BCUT2D eigenvalue weighted by Gasteiger charge is -2.17. The lowest BCUT2D eigenvalue weighted by Crippen LogP contribution is -2.27. The Bertz CT molecular complexity index is 283. The summed E-state index contributed by atoms with van der Waals surface area (Å²) in [5.74, 6) is 0. The molecule has 0 aliphatic rings. The minimum absolute atomic E-state index is 0.0813. The molecular formula is C12H20O2S. The Balaban J connectivity index is 2.46. The van der Waals surface area contributed by atoms with Crippen molar-refractivity contribution >= 4 is 11.3 Å². The molecule has 2 unspecified atom stereocenters. The predicted molar refractivity (Wildman–Crippen MR) is 64.5 cm³/mol. The summed E-state index contributed by atoms with van der Waals surface area (Å²) in [6, 6.07) is 4.24. The molecule has 2 nitrogen and oxygen atoms in total. The minimum Gasteiger partial charge on any atom is -0.390 e. The Morgan fingerprint density at radius 3 is 2.53 bits per heavy atom. The van der Waals surface area contributed by atoms with Crippen molar-refractivity contribution in [3.8, 4) is 0 Å². The number of hydrogen-bond donors (Lipinski definition) is 1.